The normalized spacial score (nSPS) is 14.5. The van der Waals surface area contributed by atoms with Gasteiger partial charge in [-0.1, -0.05) is 24.3 Å². The van der Waals surface area contributed by atoms with Crippen LogP contribution < -0.4 is 5.32 Å². The van der Waals surface area contributed by atoms with Crippen LogP contribution in [0.25, 0.3) is 16.6 Å². The van der Waals surface area contributed by atoms with E-state index in [1.165, 1.54) is 6.26 Å². The molecule has 1 aromatic carbocycles. The van der Waals surface area contributed by atoms with Gasteiger partial charge in [0.2, 0.25) is 0 Å². The molecule has 124 valence electrons. The van der Waals surface area contributed by atoms with Gasteiger partial charge < -0.3 is 5.32 Å². The maximum Gasteiger partial charge on any atom is 0.180 e. The van der Waals surface area contributed by atoms with E-state index < -0.39 is 9.84 Å². The molecular formula is C17H18N4O2S. The predicted octanol–water partition coefficient (Wildman–Crippen LogP) is 2.46. The monoisotopic (exact) mass is 342 g/mol. The Morgan fingerprint density at radius 3 is 2.88 bits per heavy atom. The number of anilines is 1. The van der Waals surface area contributed by atoms with Crippen LogP contribution in [0.3, 0.4) is 0 Å². The third kappa shape index (κ3) is 4.05. The van der Waals surface area contributed by atoms with Crippen LogP contribution in [-0.2, 0) is 9.84 Å². The van der Waals surface area contributed by atoms with Gasteiger partial charge in [-0.2, -0.15) is 0 Å². The minimum Gasteiger partial charge on any atom is -0.368 e. The van der Waals surface area contributed by atoms with E-state index in [1.54, 1.807) is 0 Å². The van der Waals surface area contributed by atoms with Crippen molar-refractivity contribution in [1.82, 2.24) is 9.97 Å². The zero-order valence-corrected chi connectivity index (χ0v) is 14.1. The Balaban J connectivity index is 1.99. The van der Waals surface area contributed by atoms with Crippen molar-refractivity contribution in [3.8, 4) is 0 Å². The molecule has 0 bridgehead atoms. The summed E-state index contributed by atoms with van der Waals surface area (Å²) in [6.45, 7) is 0.293. The first-order chi connectivity index (χ1) is 11.5. The smallest absolute Gasteiger partial charge is 0.180 e. The van der Waals surface area contributed by atoms with Crippen LogP contribution in [0.5, 0.6) is 0 Å². The van der Waals surface area contributed by atoms with E-state index >= 15 is 0 Å². The van der Waals surface area contributed by atoms with Gasteiger partial charge in [0.15, 0.2) is 5.82 Å². The number of benzene rings is 1. The average molecular weight is 342 g/mol. The molecule has 7 heteroatoms. The Morgan fingerprint density at radius 2 is 2.04 bits per heavy atom. The Bertz CT molecular complexity index is 946. The summed E-state index contributed by atoms with van der Waals surface area (Å²) in [5.41, 5.74) is 1.47. The largest absolute Gasteiger partial charge is 0.368 e. The van der Waals surface area contributed by atoms with Crippen molar-refractivity contribution in [2.45, 2.75) is 6.42 Å². The molecule has 2 heterocycles. The number of aliphatic imine (C=N–C) groups is 1. The topological polar surface area (TPSA) is 84.3 Å². The van der Waals surface area contributed by atoms with E-state index in [2.05, 4.69) is 20.3 Å². The molecule has 2 aromatic rings. The highest BCUT2D eigenvalue weighted by Gasteiger charge is 2.11. The fourth-order valence-corrected chi connectivity index (χ4v) is 2.78. The average Bonchev–Trinajstić information content (AvgIpc) is 2.82. The summed E-state index contributed by atoms with van der Waals surface area (Å²) >= 11 is 0. The first kappa shape index (κ1) is 16.3. The van der Waals surface area contributed by atoms with Gasteiger partial charge in [-0.25, -0.2) is 18.4 Å². The lowest BCUT2D eigenvalue weighted by Gasteiger charge is -2.10. The third-order valence-corrected chi connectivity index (χ3v) is 4.41. The summed E-state index contributed by atoms with van der Waals surface area (Å²) in [6.07, 6.45) is 9.60. The van der Waals surface area contributed by atoms with E-state index in [4.69, 9.17) is 0 Å². The zero-order valence-electron chi connectivity index (χ0n) is 13.3. The lowest BCUT2D eigenvalue weighted by molar-refractivity contribution is 0.602. The highest BCUT2D eigenvalue weighted by Crippen LogP contribution is 2.23. The van der Waals surface area contributed by atoms with Crippen LogP contribution in [0.2, 0.25) is 0 Å². The molecule has 1 aliphatic rings. The van der Waals surface area contributed by atoms with Crippen LogP contribution in [0.15, 0.2) is 47.5 Å². The number of para-hydroxylation sites is 1. The number of hydrogen-bond donors (Lipinski definition) is 1. The van der Waals surface area contributed by atoms with Crippen LogP contribution >= 0.6 is 0 Å². The molecule has 24 heavy (non-hydrogen) atoms. The Morgan fingerprint density at radius 1 is 1.21 bits per heavy atom. The Kier molecular flexibility index (Phi) is 4.71. The van der Waals surface area contributed by atoms with E-state index in [-0.39, 0.29) is 5.75 Å². The molecule has 0 amide bonds. The van der Waals surface area contributed by atoms with Gasteiger partial charge in [0.25, 0.3) is 0 Å². The number of rotatable bonds is 5. The van der Waals surface area contributed by atoms with Gasteiger partial charge in [0, 0.05) is 30.8 Å². The number of fused-ring (bicyclic) bond motifs is 1. The Hall–Kier alpha value is -2.54. The molecule has 0 atom stereocenters. The van der Waals surface area contributed by atoms with Gasteiger partial charge in [-0.3, -0.25) is 4.99 Å². The summed E-state index contributed by atoms with van der Waals surface area (Å²) in [4.78, 5) is 13.5. The van der Waals surface area contributed by atoms with Crippen LogP contribution in [0.1, 0.15) is 12.2 Å². The van der Waals surface area contributed by atoms with Crippen molar-refractivity contribution in [3.63, 3.8) is 0 Å². The minimum atomic E-state index is -3.03. The number of allylic oxidation sites excluding steroid dienone is 3. The summed E-state index contributed by atoms with van der Waals surface area (Å²) in [7, 11) is -3.03. The highest BCUT2D eigenvalue weighted by molar-refractivity contribution is 7.90. The van der Waals surface area contributed by atoms with Crippen molar-refractivity contribution < 1.29 is 8.42 Å². The summed E-state index contributed by atoms with van der Waals surface area (Å²) in [5, 5.41) is 3.96. The first-order valence-electron chi connectivity index (χ1n) is 7.61. The van der Waals surface area contributed by atoms with Crippen molar-refractivity contribution >= 4 is 38.5 Å². The summed E-state index contributed by atoms with van der Waals surface area (Å²) < 4.78 is 22.7. The van der Waals surface area contributed by atoms with Crippen LogP contribution in [0, 0.1) is 0 Å². The number of nitrogens with zero attached hydrogens (tertiary/aromatic N) is 3. The van der Waals surface area contributed by atoms with Crippen LogP contribution in [0.4, 0.5) is 5.82 Å². The first-order valence-corrected chi connectivity index (χ1v) is 9.67. The quantitative estimate of drug-likeness (QED) is 0.902. The highest BCUT2D eigenvalue weighted by atomic mass is 32.2. The fraction of sp³-hybridized carbons (Fsp3) is 0.235. The molecule has 1 aliphatic heterocycles. The van der Waals surface area contributed by atoms with Gasteiger partial charge in [-0.05, 0) is 18.2 Å². The number of hydrogen-bond acceptors (Lipinski definition) is 6. The molecule has 3 rings (SSSR count). The predicted molar refractivity (Wildman–Crippen MR) is 98.0 cm³/mol. The second kappa shape index (κ2) is 6.92. The van der Waals surface area contributed by atoms with Crippen LogP contribution in [-0.4, -0.2) is 43.2 Å². The van der Waals surface area contributed by atoms with Gasteiger partial charge in [-0.15, -0.1) is 0 Å². The second-order valence-electron chi connectivity index (χ2n) is 5.50. The maximum atomic E-state index is 11.3. The standard InChI is InChI=1S/C17H18N4O2S/c1-24(22,23)12-11-19-16-13-7-4-5-8-14(13)20-17(21-16)15-9-3-2-6-10-18-15/h2-5,7-10H,6,11-12H2,1H3,(H,19,20,21). The molecule has 0 aliphatic carbocycles. The molecule has 1 aromatic heterocycles. The van der Waals surface area contributed by atoms with E-state index in [9.17, 15) is 8.42 Å². The lowest BCUT2D eigenvalue weighted by Crippen LogP contribution is -2.15. The molecule has 6 nitrogen and oxygen atoms in total. The SMILES string of the molecule is CS(=O)(=O)CCNc1nc(C2=CC=CCC=N2)nc2ccccc12. The van der Waals surface area contributed by atoms with Crippen molar-refractivity contribution in [1.29, 1.82) is 0 Å². The number of aromatic nitrogens is 2. The number of sulfone groups is 1. The van der Waals surface area contributed by atoms with E-state index in [0.717, 1.165) is 17.3 Å². The summed E-state index contributed by atoms with van der Waals surface area (Å²) in [5.74, 6) is 1.17. The maximum absolute atomic E-state index is 11.3. The fourth-order valence-electron chi connectivity index (χ4n) is 2.31. The molecule has 0 unspecified atom stereocenters. The molecule has 1 N–H and O–H groups in total. The van der Waals surface area contributed by atoms with E-state index in [1.807, 2.05) is 48.7 Å². The Labute approximate surface area is 141 Å². The molecule has 0 saturated carbocycles. The molecule has 0 spiro atoms. The van der Waals surface area contributed by atoms with Crippen molar-refractivity contribution in [2.75, 3.05) is 23.9 Å². The van der Waals surface area contributed by atoms with Gasteiger partial charge >= 0.3 is 0 Å². The number of nitrogens with one attached hydrogen (secondary N) is 1. The lowest BCUT2D eigenvalue weighted by atomic mass is 10.2. The summed E-state index contributed by atoms with van der Waals surface area (Å²) in [6, 6.07) is 7.62. The van der Waals surface area contributed by atoms with Crippen molar-refractivity contribution in [2.24, 2.45) is 4.99 Å². The molecule has 0 radical (unpaired) electrons. The molecule has 0 saturated heterocycles. The van der Waals surface area contributed by atoms with Gasteiger partial charge in [0.05, 0.1) is 11.3 Å². The van der Waals surface area contributed by atoms with Crippen molar-refractivity contribution in [3.05, 3.63) is 48.3 Å². The minimum absolute atomic E-state index is 0.0459. The molecule has 0 fully saturated rings. The van der Waals surface area contributed by atoms with Gasteiger partial charge in [0.1, 0.15) is 21.4 Å². The third-order valence-electron chi connectivity index (χ3n) is 3.46. The molecular weight excluding hydrogens is 324 g/mol. The zero-order chi connectivity index (χ0) is 17.0. The second-order valence-corrected chi connectivity index (χ2v) is 7.76. The van der Waals surface area contributed by atoms with E-state index in [0.29, 0.717) is 23.9 Å².